The lowest BCUT2D eigenvalue weighted by atomic mass is 10.1. The molecule has 0 unspecified atom stereocenters. The third kappa shape index (κ3) is 2.79. The number of nitrogens with one attached hydrogen (secondary N) is 1. The first-order valence-corrected chi connectivity index (χ1v) is 10.1. The monoisotopic (exact) mass is 378 g/mol. The van der Waals surface area contributed by atoms with E-state index in [9.17, 15) is 17.6 Å². The fourth-order valence-electron chi connectivity index (χ4n) is 3.25. The van der Waals surface area contributed by atoms with E-state index in [1.165, 1.54) is 24.3 Å². The normalized spacial score (nSPS) is 19.0. The van der Waals surface area contributed by atoms with Crippen molar-refractivity contribution < 1.29 is 17.6 Å². The highest BCUT2D eigenvalue weighted by molar-refractivity contribution is 8.00. The smallest absolute Gasteiger partial charge is 0.262 e. The van der Waals surface area contributed by atoms with Crippen LogP contribution in [0.15, 0.2) is 46.2 Å². The van der Waals surface area contributed by atoms with Gasteiger partial charge in [0.05, 0.1) is 22.7 Å². The van der Waals surface area contributed by atoms with Crippen molar-refractivity contribution in [2.75, 3.05) is 16.2 Å². The molecule has 0 saturated heterocycles. The van der Waals surface area contributed by atoms with E-state index in [1.807, 2.05) is 6.92 Å². The number of carbonyl (C=O) groups is 1. The highest BCUT2D eigenvalue weighted by Crippen LogP contribution is 2.46. The van der Waals surface area contributed by atoms with E-state index in [2.05, 4.69) is 4.72 Å². The molecular formula is C17H15FN2O3S2. The molecule has 0 aliphatic carbocycles. The van der Waals surface area contributed by atoms with E-state index >= 15 is 0 Å². The summed E-state index contributed by atoms with van der Waals surface area (Å²) >= 11 is 1.64. The lowest BCUT2D eigenvalue weighted by Crippen LogP contribution is -2.35. The predicted molar refractivity (Wildman–Crippen MR) is 95.0 cm³/mol. The summed E-state index contributed by atoms with van der Waals surface area (Å²) in [5.74, 6) is -0.612. The number of amides is 1. The van der Waals surface area contributed by atoms with Gasteiger partial charge in [-0.2, -0.15) is 0 Å². The Bertz CT molecular complexity index is 991. The van der Waals surface area contributed by atoms with Crippen LogP contribution in [0.2, 0.25) is 0 Å². The number of rotatable bonds is 3. The highest BCUT2D eigenvalue weighted by atomic mass is 32.2. The summed E-state index contributed by atoms with van der Waals surface area (Å²) in [6, 6.07) is 8.54. The van der Waals surface area contributed by atoms with Gasteiger partial charge in [-0.1, -0.05) is 13.0 Å². The third-order valence-corrected chi connectivity index (χ3v) is 6.84. The molecule has 2 aromatic carbocycles. The number of carbonyl (C=O) groups excluding carboxylic acids is 1. The number of hydrogen-bond donors (Lipinski definition) is 1. The zero-order valence-corrected chi connectivity index (χ0v) is 15.0. The molecule has 0 saturated carbocycles. The van der Waals surface area contributed by atoms with E-state index in [0.29, 0.717) is 17.8 Å². The van der Waals surface area contributed by atoms with Gasteiger partial charge in [0.1, 0.15) is 5.82 Å². The zero-order valence-electron chi connectivity index (χ0n) is 13.3. The van der Waals surface area contributed by atoms with Crippen LogP contribution in [0.5, 0.6) is 0 Å². The summed E-state index contributed by atoms with van der Waals surface area (Å²) in [6.45, 7) is 2.61. The number of thioether (sulfide) groups is 1. The van der Waals surface area contributed by atoms with Crippen molar-refractivity contribution in [1.29, 1.82) is 0 Å². The third-order valence-electron chi connectivity index (χ3n) is 4.24. The minimum Gasteiger partial charge on any atom is -0.310 e. The second-order valence-electron chi connectivity index (χ2n) is 6.11. The molecule has 25 heavy (non-hydrogen) atoms. The Kier molecular flexibility index (Phi) is 3.77. The molecule has 2 heterocycles. The average molecular weight is 378 g/mol. The molecule has 0 fully saturated rings. The maximum atomic E-state index is 13.3. The van der Waals surface area contributed by atoms with Crippen LogP contribution in [0.25, 0.3) is 0 Å². The van der Waals surface area contributed by atoms with Crippen LogP contribution in [0.1, 0.15) is 12.5 Å². The van der Waals surface area contributed by atoms with Gasteiger partial charge in [0.2, 0.25) is 5.91 Å². The fraction of sp³-hybridized carbons (Fsp3) is 0.235. The number of hydrogen-bond acceptors (Lipinski definition) is 4. The Labute approximate surface area is 149 Å². The minimum absolute atomic E-state index is 0.0653. The molecule has 1 atom stereocenters. The van der Waals surface area contributed by atoms with Crippen LogP contribution >= 0.6 is 11.8 Å². The minimum atomic E-state index is -3.92. The number of anilines is 2. The average Bonchev–Trinajstić information content (AvgIpc) is 2.84. The molecule has 0 spiro atoms. The SMILES string of the molecule is C[C@H]1CN2C(=O)Cc3c(S(=O)(=O)Nc4cccc(F)c4)ccc(c32)S1. The van der Waals surface area contributed by atoms with Gasteiger partial charge < -0.3 is 4.90 Å². The van der Waals surface area contributed by atoms with E-state index < -0.39 is 15.8 Å². The molecular weight excluding hydrogens is 363 g/mol. The van der Waals surface area contributed by atoms with E-state index in [1.54, 1.807) is 22.7 Å². The molecule has 4 rings (SSSR count). The van der Waals surface area contributed by atoms with Crippen molar-refractivity contribution in [2.24, 2.45) is 0 Å². The van der Waals surface area contributed by atoms with E-state index in [4.69, 9.17) is 0 Å². The first-order valence-electron chi connectivity index (χ1n) is 7.76. The summed E-state index contributed by atoms with van der Waals surface area (Å²) in [4.78, 5) is 15.0. The predicted octanol–water partition coefficient (Wildman–Crippen LogP) is 3.01. The molecule has 2 aromatic rings. The number of sulfonamides is 1. The first-order chi connectivity index (χ1) is 11.8. The fourth-order valence-corrected chi connectivity index (χ4v) is 5.68. The lowest BCUT2D eigenvalue weighted by molar-refractivity contribution is -0.117. The molecule has 8 heteroatoms. The molecule has 0 aromatic heterocycles. The van der Waals surface area contributed by atoms with Gasteiger partial charge in [-0.05, 0) is 30.3 Å². The molecule has 1 amide bonds. The Morgan fingerprint density at radius 2 is 2.08 bits per heavy atom. The van der Waals surface area contributed by atoms with Crippen LogP contribution in [-0.2, 0) is 21.2 Å². The zero-order chi connectivity index (χ0) is 17.8. The van der Waals surface area contributed by atoms with Gasteiger partial charge in [-0.25, -0.2) is 12.8 Å². The van der Waals surface area contributed by atoms with Crippen LogP contribution in [0.3, 0.4) is 0 Å². The number of nitrogens with zero attached hydrogens (tertiary/aromatic N) is 1. The summed E-state index contributed by atoms with van der Waals surface area (Å²) in [7, 11) is -3.92. The number of benzene rings is 2. The summed E-state index contributed by atoms with van der Waals surface area (Å²) in [5, 5.41) is 0.260. The maximum absolute atomic E-state index is 13.3. The molecule has 130 valence electrons. The van der Waals surface area contributed by atoms with Crippen molar-refractivity contribution in [3.8, 4) is 0 Å². The van der Waals surface area contributed by atoms with Crippen molar-refractivity contribution >= 4 is 39.1 Å². The summed E-state index contributed by atoms with van der Waals surface area (Å²) in [5.41, 5.74) is 1.37. The van der Waals surface area contributed by atoms with Gasteiger partial charge in [-0.15, -0.1) is 11.8 Å². The van der Waals surface area contributed by atoms with Crippen molar-refractivity contribution in [3.63, 3.8) is 0 Å². The van der Waals surface area contributed by atoms with Gasteiger partial charge in [0.15, 0.2) is 0 Å². The number of halogens is 1. The quantitative estimate of drug-likeness (QED) is 0.892. The Morgan fingerprint density at radius 1 is 1.28 bits per heavy atom. The Hall–Kier alpha value is -2.06. The Balaban J connectivity index is 1.79. The van der Waals surface area contributed by atoms with Crippen molar-refractivity contribution in [2.45, 2.75) is 28.4 Å². The standard InChI is InChI=1S/C17H15FN2O3S2/c1-10-9-20-16(21)8-13-15(6-5-14(24-10)17(13)20)25(22,23)19-12-4-2-3-11(18)7-12/h2-7,10,19H,8-9H2,1H3/t10-/m0/s1. The first kappa shape index (κ1) is 16.4. The molecule has 1 N–H and O–H groups in total. The lowest BCUT2D eigenvalue weighted by Gasteiger charge is -2.29. The maximum Gasteiger partial charge on any atom is 0.262 e. The molecule has 5 nitrogen and oxygen atoms in total. The van der Waals surface area contributed by atoms with Crippen molar-refractivity contribution in [3.05, 3.63) is 47.8 Å². The van der Waals surface area contributed by atoms with E-state index in [-0.39, 0.29) is 28.2 Å². The van der Waals surface area contributed by atoms with Crippen LogP contribution in [-0.4, -0.2) is 26.1 Å². The van der Waals surface area contributed by atoms with Gasteiger partial charge in [0.25, 0.3) is 10.0 Å². The molecule has 0 bridgehead atoms. The summed E-state index contributed by atoms with van der Waals surface area (Å²) in [6.07, 6.45) is 0.0653. The topological polar surface area (TPSA) is 66.5 Å². The van der Waals surface area contributed by atoms with E-state index in [0.717, 1.165) is 11.0 Å². The van der Waals surface area contributed by atoms with Crippen LogP contribution < -0.4 is 9.62 Å². The Morgan fingerprint density at radius 3 is 2.84 bits per heavy atom. The van der Waals surface area contributed by atoms with Gasteiger partial charge >= 0.3 is 0 Å². The van der Waals surface area contributed by atoms with Gasteiger partial charge in [-0.3, -0.25) is 9.52 Å². The molecule has 2 aliphatic heterocycles. The van der Waals surface area contributed by atoms with Crippen molar-refractivity contribution in [1.82, 2.24) is 0 Å². The largest absolute Gasteiger partial charge is 0.310 e. The second kappa shape index (κ2) is 5.74. The second-order valence-corrected chi connectivity index (χ2v) is 9.25. The van der Waals surface area contributed by atoms with Crippen LogP contribution in [0.4, 0.5) is 15.8 Å². The van der Waals surface area contributed by atoms with Gasteiger partial charge in [0, 0.05) is 22.3 Å². The summed E-state index contributed by atoms with van der Waals surface area (Å²) < 4.78 is 41.3. The highest BCUT2D eigenvalue weighted by Gasteiger charge is 2.38. The molecule has 2 aliphatic rings. The molecule has 0 radical (unpaired) electrons. The van der Waals surface area contributed by atoms with Crippen LogP contribution in [0, 0.1) is 5.82 Å².